The Hall–Kier alpha value is -1.26. The number of carbonyl (C=O) groups excluding carboxylic acids is 2. The summed E-state index contributed by atoms with van der Waals surface area (Å²) in [4.78, 5) is 21.2. The van der Waals surface area contributed by atoms with Gasteiger partial charge in [-0.1, -0.05) is 0 Å². The second kappa shape index (κ2) is 2.77. The zero-order valence-corrected chi connectivity index (χ0v) is 6.20. The quantitative estimate of drug-likeness (QED) is 0.508. The first-order valence-electron chi connectivity index (χ1n) is 3.10. The molecule has 5 nitrogen and oxygen atoms in total. The summed E-state index contributed by atoms with van der Waals surface area (Å²) in [5.41, 5.74) is 0. The Balaban J connectivity index is 2.59. The lowest BCUT2D eigenvalue weighted by Crippen LogP contribution is -2.30. The highest BCUT2D eigenvalue weighted by molar-refractivity contribution is 5.80. The average Bonchev–Trinajstić information content (AvgIpc) is 2.28. The summed E-state index contributed by atoms with van der Waals surface area (Å²) >= 11 is 0. The van der Waals surface area contributed by atoms with E-state index in [0.29, 0.717) is 0 Å². The average molecular weight is 160 g/mol. The van der Waals surface area contributed by atoms with Crippen molar-refractivity contribution >= 4 is 12.1 Å². The molecule has 0 aromatic carbocycles. The molecule has 1 heterocycles. The van der Waals surface area contributed by atoms with Gasteiger partial charge >= 0.3 is 12.1 Å². The topological polar surface area (TPSA) is 61.8 Å². The van der Waals surface area contributed by atoms with Crippen molar-refractivity contribution in [2.45, 2.75) is 19.1 Å². The first kappa shape index (κ1) is 7.84. The van der Waals surface area contributed by atoms with E-state index in [0.717, 1.165) is 0 Å². The number of hydrogen-bond acceptors (Lipinski definition) is 5. The lowest BCUT2D eigenvalue weighted by Gasteiger charge is -2.06. The molecule has 1 aliphatic heterocycles. The first-order chi connectivity index (χ1) is 5.15. The van der Waals surface area contributed by atoms with Crippen LogP contribution in [0.4, 0.5) is 4.79 Å². The zero-order chi connectivity index (χ0) is 8.43. The van der Waals surface area contributed by atoms with Crippen LogP contribution in [0, 0.1) is 0 Å². The second-order valence-corrected chi connectivity index (χ2v) is 2.13. The molecule has 62 valence electrons. The van der Waals surface area contributed by atoms with Crippen LogP contribution in [0.5, 0.6) is 0 Å². The van der Waals surface area contributed by atoms with Crippen LogP contribution in [0.15, 0.2) is 0 Å². The number of rotatable bonds is 1. The maximum Gasteiger partial charge on any atom is 0.509 e. The molecule has 2 atom stereocenters. The van der Waals surface area contributed by atoms with Crippen molar-refractivity contribution in [3.05, 3.63) is 0 Å². The smallest absolute Gasteiger partial charge is 0.466 e. The third kappa shape index (κ3) is 1.42. The molecular formula is C6H8O5. The molecule has 0 N–H and O–H groups in total. The van der Waals surface area contributed by atoms with Crippen LogP contribution in [0.25, 0.3) is 0 Å². The molecule has 0 aliphatic carbocycles. The van der Waals surface area contributed by atoms with Gasteiger partial charge in [0.15, 0.2) is 6.10 Å². The summed E-state index contributed by atoms with van der Waals surface area (Å²) in [5, 5.41) is 0. The van der Waals surface area contributed by atoms with Crippen LogP contribution in [0.2, 0.25) is 0 Å². The van der Waals surface area contributed by atoms with Crippen molar-refractivity contribution in [3.63, 3.8) is 0 Å². The fourth-order valence-electron chi connectivity index (χ4n) is 0.797. The minimum atomic E-state index is -0.910. The fraction of sp³-hybridized carbons (Fsp3) is 0.667. The van der Waals surface area contributed by atoms with Crippen molar-refractivity contribution in [1.29, 1.82) is 0 Å². The largest absolute Gasteiger partial charge is 0.509 e. The van der Waals surface area contributed by atoms with Gasteiger partial charge in [0.25, 0.3) is 0 Å². The van der Waals surface area contributed by atoms with Gasteiger partial charge in [-0.05, 0) is 6.92 Å². The standard InChI is InChI=1S/C6H8O5/c1-3-4(5(7)9-2)11-6(8)10-3/h3-4H,1-2H3. The van der Waals surface area contributed by atoms with Crippen LogP contribution >= 0.6 is 0 Å². The molecule has 0 aromatic heterocycles. The molecule has 0 spiro atoms. The molecule has 0 radical (unpaired) electrons. The van der Waals surface area contributed by atoms with Crippen LogP contribution in [-0.2, 0) is 19.0 Å². The second-order valence-electron chi connectivity index (χ2n) is 2.13. The van der Waals surface area contributed by atoms with Crippen molar-refractivity contribution < 1.29 is 23.8 Å². The monoisotopic (exact) mass is 160 g/mol. The van der Waals surface area contributed by atoms with E-state index in [1.165, 1.54) is 7.11 Å². The van der Waals surface area contributed by atoms with E-state index in [1.54, 1.807) is 6.92 Å². The highest BCUT2D eigenvalue weighted by atomic mass is 16.8. The highest BCUT2D eigenvalue weighted by Gasteiger charge is 2.39. The maximum absolute atomic E-state index is 10.8. The van der Waals surface area contributed by atoms with E-state index in [-0.39, 0.29) is 0 Å². The molecule has 1 aliphatic rings. The Bertz CT molecular complexity index is 187. The summed E-state index contributed by atoms with van der Waals surface area (Å²) in [6, 6.07) is 0. The fourth-order valence-corrected chi connectivity index (χ4v) is 0.797. The van der Waals surface area contributed by atoms with Gasteiger partial charge in [-0.15, -0.1) is 0 Å². The van der Waals surface area contributed by atoms with E-state index < -0.39 is 24.3 Å². The van der Waals surface area contributed by atoms with E-state index in [1.807, 2.05) is 0 Å². The maximum atomic E-state index is 10.8. The summed E-state index contributed by atoms with van der Waals surface area (Å²) < 4.78 is 13.4. The molecule has 0 bridgehead atoms. The summed E-state index contributed by atoms with van der Waals surface area (Å²) in [6.45, 7) is 1.56. The normalized spacial score (nSPS) is 29.1. The minimum absolute atomic E-state index is 0.560. The van der Waals surface area contributed by atoms with Gasteiger partial charge in [0.2, 0.25) is 6.10 Å². The third-order valence-corrected chi connectivity index (χ3v) is 1.37. The van der Waals surface area contributed by atoms with Gasteiger partial charge in [0.05, 0.1) is 7.11 Å². The van der Waals surface area contributed by atoms with E-state index in [9.17, 15) is 9.59 Å². The van der Waals surface area contributed by atoms with Crippen LogP contribution in [0.3, 0.4) is 0 Å². The molecule has 5 heteroatoms. The zero-order valence-electron chi connectivity index (χ0n) is 6.20. The molecule has 1 fully saturated rings. The van der Waals surface area contributed by atoms with Gasteiger partial charge in [0.1, 0.15) is 0 Å². The van der Waals surface area contributed by atoms with Crippen molar-refractivity contribution in [1.82, 2.24) is 0 Å². The van der Waals surface area contributed by atoms with E-state index >= 15 is 0 Å². The Morgan fingerprint density at radius 3 is 2.55 bits per heavy atom. The van der Waals surface area contributed by atoms with E-state index in [4.69, 9.17) is 0 Å². The molecule has 0 aromatic rings. The summed E-state index contributed by atoms with van der Waals surface area (Å²) in [6.07, 6.45) is -2.30. The first-order valence-corrected chi connectivity index (χ1v) is 3.10. The number of carbonyl (C=O) groups is 2. The van der Waals surface area contributed by atoms with Gasteiger partial charge in [-0.25, -0.2) is 9.59 Å². The van der Waals surface area contributed by atoms with Crippen LogP contribution in [-0.4, -0.2) is 31.4 Å². The number of ether oxygens (including phenoxy) is 3. The van der Waals surface area contributed by atoms with Gasteiger partial charge in [-0.2, -0.15) is 0 Å². The van der Waals surface area contributed by atoms with Gasteiger partial charge < -0.3 is 14.2 Å². The number of cyclic esters (lactones) is 2. The Labute approximate surface area is 63.2 Å². The van der Waals surface area contributed by atoms with Crippen molar-refractivity contribution in [2.24, 2.45) is 0 Å². The Kier molecular flexibility index (Phi) is 1.98. The summed E-state index contributed by atoms with van der Waals surface area (Å²) in [5.74, 6) is -0.594. The lowest BCUT2D eigenvalue weighted by atomic mass is 10.2. The van der Waals surface area contributed by atoms with Crippen LogP contribution < -0.4 is 0 Å². The molecule has 1 rings (SSSR count). The van der Waals surface area contributed by atoms with Crippen molar-refractivity contribution in [3.8, 4) is 0 Å². The highest BCUT2D eigenvalue weighted by Crippen LogP contribution is 2.15. The number of esters is 1. The van der Waals surface area contributed by atoms with Gasteiger partial charge in [-0.3, -0.25) is 0 Å². The predicted molar refractivity (Wildman–Crippen MR) is 32.8 cm³/mol. The minimum Gasteiger partial charge on any atom is -0.466 e. The SMILES string of the molecule is COC(=O)C1OC(=O)OC1C. The number of hydrogen-bond donors (Lipinski definition) is 0. The molecule has 2 unspecified atom stereocenters. The Morgan fingerprint density at radius 2 is 2.18 bits per heavy atom. The molecular weight excluding hydrogens is 152 g/mol. The number of methoxy groups -OCH3 is 1. The van der Waals surface area contributed by atoms with E-state index in [2.05, 4.69) is 14.2 Å². The van der Waals surface area contributed by atoms with Crippen LogP contribution in [0.1, 0.15) is 6.92 Å². The summed E-state index contributed by atoms with van der Waals surface area (Å²) in [7, 11) is 1.22. The molecule has 11 heavy (non-hydrogen) atoms. The van der Waals surface area contributed by atoms with Crippen molar-refractivity contribution in [2.75, 3.05) is 7.11 Å². The molecule has 0 amide bonds. The Morgan fingerprint density at radius 1 is 1.55 bits per heavy atom. The predicted octanol–water partition coefficient (Wildman–Crippen LogP) is 0.0833. The lowest BCUT2D eigenvalue weighted by molar-refractivity contribution is -0.150. The molecule has 1 saturated heterocycles. The van der Waals surface area contributed by atoms with Gasteiger partial charge in [0, 0.05) is 0 Å². The third-order valence-electron chi connectivity index (χ3n) is 1.37. The molecule has 0 saturated carbocycles.